The van der Waals surface area contributed by atoms with Crippen LogP contribution in [0.1, 0.15) is 24.0 Å². The van der Waals surface area contributed by atoms with E-state index in [1.165, 1.54) is 16.0 Å². The number of benzene rings is 2. The summed E-state index contributed by atoms with van der Waals surface area (Å²) in [6, 6.07) is 18.8. The average Bonchev–Trinajstić information content (AvgIpc) is 2.69. The molecule has 9 nitrogen and oxygen atoms in total. The number of carbonyl (C=O) groups is 3. The summed E-state index contributed by atoms with van der Waals surface area (Å²) in [5.41, 5.74) is -0.281. The van der Waals surface area contributed by atoms with E-state index in [0.29, 0.717) is 0 Å². The SMILES string of the molecule is C[NH+](C)CCOc1ccccc1Cc1ccccc1.Cl.O=C(O)CC(O)(CC(=O)O)C(=O)[O-]. The summed E-state index contributed by atoms with van der Waals surface area (Å²) in [5.74, 6) is -4.34. The first-order chi connectivity index (χ1) is 15.0. The van der Waals surface area contributed by atoms with Gasteiger partial charge in [0.1, 0.15) is 24.5 Å². The molecule has 0 radical (unpaired) electrons. The van der Waals surface area contributed by atoms with Crippen LogP contribution in [-0.4, -0.2) is 66.1 Å². The third-order valence-corrected chi connectivity index (χ3v) is 4.34. The van der Waals surface area contributed by atoms with Crippen LogP contribution in [0.25, 0.3) is 0 Å². The van der Waals surface area contributed by atoms with Gasteiger partial charge in [0, 0.05) is 6.42 Å². The number of nitrogens with one attached hydrogen (secondary N) is 1. The van der Waals surface area contributed by atoms with Crippen molar-refractivity contribution in [2.45, 2.75) is 24.9 Å². The van der Waals surface area contributed by atoms with Gasteiger partial charge in [-0.15, -0.1) is 12.4 Å². The number of carboxylic acids is 3. The number of hydrogen-bond donors (Lipinski definition) is 4. The van der Waals surface area contributed by atoms with Crippen molar-refractivity contribution in [3.05, 3.63) is 65.7 Å². The predicted molar refractivity (Wildman–Crippen MR) is 121 cm³/mol. The Labute approximate surface area is 198 Å². The Bertz CT molecular complexity index is 873. The van der Waals surface area contributed by atoms with E-state index < -0.39 is 36.4 Å². The average molecular weight is 484 g/mol. The Balaban J connectivity index is 0.000000649. The van der Waals surface area contributed by atoms with E-state index in [-0.39, 0.29) is 12.4 Å². The summed E-state index contributed by atoms with van der Waals surface area (Å²) in [6.07, 6.45) is -1.49. The van der Waals surface area contributed by atoms with Gasteiger partial charge in [-0.1, -0.05) is 48.5 Å². The highest BCUT2D eigenvalue weighted by Gasteiger charge is 2.34. The molecule has 0 aromatic heterocycles. The molecule has 0 fully saturated rings. The molecule has 33 heavy (non-hydrogen) atoms. The molecule has 0 heterocycles. The zero-order valence-electron chi connectivity index (χ0n) is 18.5. The molecule has 0 bridgehead atoms. The van der Waals surface area contributed by atoms with E-state index in [9.17, 15) is 19.5 Å². The highest BCUT2D eigenvalue weighted by molar-refractivity contribution is 5.87. The Morgan fingerprint density at radius 3 is 1.94 bits per heavy atom. The van der Waals surface area contributed by atoms with Gasteiger partial charge in [-0.3, -0.25) is 9.59 Å². The first-order valence-corrected chi connectivity index (χ1v) is 9.94. The zero-order chi connectivity index (χ0) is 24.1. The van der Waals surface area contributed by atoms with Gasteiger partial charge in [-0.05, 0) is 17.2 Å². The molecule has 10 heteroatoms. The first-order valence-electron chi connectivity index (χ1n) is 9.94. The Kier molecular flexibility index (Phi) is 13.4. The molecule has 0 atom stereocenters. The molecule has 0 spiro atoms. The van der Waals surface area contributed by atoms with Crippen molar-refractivity contribution in [2.75, 3.05) is 27.2 Å². The second kappa shape index (κ2) is 14.8. The number of halogens is 1. The fraction of sp³-hybridized carbons (Fsp3) is 0.348. The van der Waals surface area contributed by atoms with E-state index in [1.807, 2.05) is 12.1 Å². The van der Waals surface area contributed by atoms with Crippen molar-refractivity contribution in [3.63, 3.8) is 0 Å². The molecule has 0 amide bonds. The fourth-order valence-electron chi connectivity index (χ4n) is 2.68. The summed E-state index contributed by atoms with van der Waals surface area (Å²) in [6.45, 7) is 1.77. The lowest BCUT2D eigenvalue weighted by Crippen LogP contribution is -3.06. The molecule has 2 aromatic rings. The van der Waals surface area contributed by atoms with Crippen molar-refractivity contribution in [1.29, 1.82) is 0 Å². The number of ether oxygens (including phenoxy) is 1. The van der Waals surface area contributed by atoms with Crippen LogP contribution in [0.15, 0.2) is 54.6 Å². The number of aliphatic carboxylic acids is 3. The largest absolute Gasteiger partial charge is 0.547 e. The quantitative estimate of drug-likeness (QED) is 0.338. The number of carbonyl (C=O) groups excluding carboxylic acids is 1. The van der Waals surface area contributed by atoms with Gasteiger partial charge < -0.3 is 34.9 Å². The normalized spacial score (nSPS) is 10.4. The molecule has 0 saturated heterocycles. The number of aliphatic hydroxyl groups is 1. The summed E-state index contributed by atoms with van der Waals surface area (Å²) in [7, 11) is 4.28. The van der Waals surface area contributed by atoms with Gasteiger partial charge in [-0.2, -0.15) is 0 Å². The summed E-state index contributed by atoms with van der Waals surface area (Å²) < 4.78 is 5.90. The zero-order valence-corrected chi connectivity index (χ0v) is 19.3. The van der Waals surface area contributed by atoms with Crippen molar-refractivity contribution in [1.82, 2.24) is 0 Å². The Morgan fingerprint density at radius 2 is 1.45 bits per heavy atom. The number of carboxylic acid groups (broad SMARTS) is 3. The Morgan fingerprint density at radius 1 is 0.939 bits per heavy atom. The number of hydrogen-bond acceptors (Lipinski definition) is 6. The van der Waals surface area contributed by atoms with Crippen LogP contribution in [-0.2, 0) is 20.8 Å². The van der Waals surface area contributed by atoms with E-state index in [0.717, 1.165) is 25.3 Å². The van der Waals surface area contributed by atoms with Gasteiger partial charge in [0.25, 0.3) is 0 Å². The summed E-state index contributed by atoms with van der Waals surface area (Å²) >= 11 is 0. The number of rotatable bonds is 11. The minimum absolute atomic E-state index is 0. The second-order valence-electron chi connectivity index (χ2n) is 7.54. The van der Waals surface area contributed by atoms with Gasteiger partial charge in [-0.25, -0.2) is 0 Å². The standard InChI is InChI=1S/C17H21NO.C6H8O7.ClH/c1-18(2)12-13-19-17-11-7-6-10-16(17)14-15-8-4-3-5-9-15;7-3(8)1-6(13,5(11)12)2-4(9)10;/h3-11H,12-14H2,1-2H3;13H,1-2H2,(H,7,8)(H,9,10)(H,11,12);1H. The maximum Gasteiger partial charge on any atom is 0.306 e. The maximum atomic E-state index is 10.2. The number of para-hydroxylation sites is 1. The maximum absolute atomic E-state index is 10.2. The van der Waals surface area contributed by atoms with E-state index in [2.05, 4.69) is 56.6 Å². The summed E-state index contributed by atoms with van der Waals surface area (Å²) in [5, 5.41) is 35.5. The van der Waals surface area contributed by atoms with Gasteiger partial charge in [0.2, 0.25) is 0 Å². The molecular formula is C23H30ClNO8. The van der Waals surface area contributed by atoms with Crippen molar-refractivity contribution in [2.24, 2.45) is 0 Å². The highest BCUT2D eigenvalue weighted by atomic mass is 35.5. The summed E-state index contributed by atoms with van der Waals surface area (Å²) in [4.78, 5) is 31.7. The van der Waals surface area contributed by atoms with Crippen LogP contribution < -0.4 is 14.7 Å². The lowest BCUT2D eigenvalue weighted by Gasteiger charge is -2.25. The van der Waals surface area contributed by atoms with Crippen LogP contribution in [0.2, 0.25) is 0 Å². The fourth-order valence-corrected chi connectivity index (χ4v) is 2.68. The number of quaternary nitrogens is 1. The van der Waals surface area contributed by atoms with Gasteiger partial charge >= 0.3 is 11.9 Å². The molecule has 4 N–H and O–H groups in total. The molecule has 2 rings (SSSR count). The molecule has 0 aliphatic heterocycles. The predicted octanol–water partition coefficient (Wildman–Crippen LogP) is -0.361. The molecule has 0 aliphatic rings. The topological polar surface area (TPSA) is 149 Å². The third-order valence-electron chi connectivity index (χ3n) is 4.34. The van der Waals surface area contributed by atoms with Crippen LogP contribution in [0.5, 0.6) is 5.75 Å². The van der Waals surface area contributed by atoms with Crippen LogP contribution >= 0.6 is 12.4 Å². The van der Waals surface area contributed by atoms with Crippen LogP contribution in [0.3, 0.4) is 0 Å². The number of likely N-dealkylation sites (N-methyl/N-ethyl adjacent to an activating group) is 1. The molecule has 0 aliphatic carbocycles. The molecule has 0 unspecified atom stereocenters. The third kappa shape index (κ3) is 11.9. The lowest BCUT2D eigenvalue weighted by atomic mass is 9.96. The minimum Gasteiger partial charge on any atom is -0.547 e. The van der Waals surface area contributed by atoms with E-state index in [4.69, 9.17) is 20.1 Å². The Hall–Kier alpha value is -3.14. The minimum atomic E-state index is -2.85. The smallest absolute Gasteiger partial charge is 0.306 e. The van der Waals surface area contributed by atoms with E-state index >= 15 is 0 Å². The highest BCUT2D eigenvalue weighted by Crippen LogP contribution is 2.21. The molecule has 2 aromatic carbocycles. The van der Waals surface area contributed by atoms with E-state index in [1.54, 1.807) is 0 Å². The van der Waals surface area contributed by atoms with Crippen LogP contribution in [0.4, 0.5) is 0 Å². The monoisotopic (exact) mass is 483 g/mol. The second-order valence-corrected chi connectivity index (χ2v) is 7.54. The van der Waals surface area contributed by atoms with Crippen molar-refractivity contribution >= 4 is 30.3 Å². The van der Waals surface area contributed by atoms with Crippen molar-refractivity contribution in [3.8, 4) is 5.75 Å². The van der Waals surface area contributed by atoms with Crippen LogP contribution in [0, 0.1) is 0 Å². The van der Waals surface area contributed by atoms with Crippen molar-refractivity contribution < 1.29 is 44.4 Å². The first kappa shape index (κ1) is 29.9. The molecule has 182 valence electrons. The lowest BCUT2D eigenvalue weighted by molar-refractivity contribution is -0.858. The molecule has 0 saturated carbocycles. The van der Waals surface area contributed by atoms with Gasteiger partial charge in [0.15, 0.2) is 0 Å². The molecular weight excluding hydrogens is 454 g/mol. The van der Waals surface area contributed by atoms with Gasteiger partial charge in [0.05, 0.1) is 32.9 Å².